The summed E-state index contributed by atoms with van der Waals surface area (Å²) in [7, 11) is 1.50. The summed E-state index contributed by atoms with van der Waals surface area (Å²) < 4.78 is 5.12. The van der Waals surface area contributed by atoms with Crippen LogP contribution in [0.1, 0.15) is 20.8 Å². The molecule has 1 nitrogen and oxygen atoms in total. The lowest BCUT2D eigenvalue weighted by molar-refractivity contribution is 0.218. The molecule has 0 atom stereocenters. The van der Waals surface area contributed by atoms with Crippen LogP contribution in [0, 0.1) is 0 Å². The molecule has 0 rings (SSSR count). The minimum Gasteiger partial charge on any atom is -0.384 e. The van der Waals surface area contributed by atoms with E-state index in [1.54, 1.807) is 7.11 Å². The average Bonchev–Trinajstić information content (AvgIpc) is 2.08. The summed E-state index contributed by atoms with van der Waals surface area (Å²) in [6.45, 7) is 7.90. The summed E-state index contributed by atoms with van der Waals surface area (Å²) in [5.74, 6) is 5.39. The highest BCUT2D eigenvalue weighted by molar-refractivity contribution is 8.33. The van der Waals surface area contributed by atoms with Gasteiger partial charge in [0.05, 0.1) is 6.61 Å². The van der Waals surface area contributed by atoms with Crippen LogP contribution in [0.5, 0.6) is 0 Å². The van der Waals surface area contributed by atoms with Crippen LogP contribution >= 0.6 is 10.0 Å². The highest BCUT2D eigenvalue weighted by Crippen LogP contribution is 2.46. The van der Waals surface area contributed by atoms with Gasteiger partial charge < -0.3 is 4.74 Å². The molecule has 0 spiro atoms. The molecule has 11 heavy (non-hydrogen) atoms. The SMILES string of the molecule is CCS(CC)(CC)CCOC. The number of hydrogen-bond donors (Lipinski definition) is 0. The first kappa shape index (κ1) is 11.3. The molecule has 0 aliphatic heterocycles. The Kier molecular flexibility index (Phi) is 6.06. The fourth-order valence-corrected chi connectivity index (χ4v) is 3.92. The van der Waals surface area contributed by atoms with Crippen molar-refractivity contribution in [2.24, 2.45) is 0 Å². The van der Waals surface area contributed by atoms with Crippen molar-refractivity contribution in [2.45, 2.75) is 20.8 Å². The van der Waals surface area contributed by atoms with Gasteiger partial charge in [0.15, 0.2) is 0 Å². The molecule has 0 fully saturated rings. The van der Waals surface area contributed by atoms with Crippen LogP contribution in [0.4, 0.5) is 0 Å². The third kappa shape index (κ3) is 3.48. The molecule has 0 radical (unpaired) electrons. The van der Waals surface area contributed by atoms with Crippen LogP contribution in [0.15, 0.2) is 0 Å². The second-order valence-corrected chi connectivity index (χ2v) is 7.38. The quantitative estimate of drug-likeness (QED) is 0.607. The van der Waals surface area contributed by atoms with E-state index in [2.05, 4.69) is 20.8 Å². The van der Waals surface area contributed by atoms with Gasteiger partial charge in [0.25, 0.3) is 0 Å². The molecule has 0 aromatic heterocycles. The van der Waals surface area contributed by atoms with Crippen molar-refractivity contribution in [3.8, 4) is 0 Å². The lowest BCUT2D eigenvalue weighted by Crippen LogP contribution is -2.16. The fourth-order valence-electron chi connectivity index (χ4n) is 1.31. The van der Waals surface area contributed by atoms with Crippen LogP contribution < -0.4 is 0 Å². The molecule has 70 valence electrons. The molecular weight excluding hydrogens is 156 g/mol. The summed E-state index contributed by atoms with van der Waals surface area (Å²) in [6, 6.07) is 0. The Balaban J connectivity index is 3.84. The highest BCUT2D eigenvalue weighted by Gasteiger charge is 2.16. The van der Waals surface area contributed by atoms with Crippen LogP contribution in [0.2, 0.25) is 0 Å². The van der Waals surface area contributed by atoms with Crippen LogP contribution in [0.3, 0.4) is 0 Å². The summed E-state index contributed by atoms with van der Waals surface area (Å²) in [6.07, 6.45) is 0. The molecule has 0 aliphatic carbocycles. The van der Waals surface area contributed by atoms with E-state index in [0.717, 1.165) is 6.61 Å². The zero-order valence-corrected chi connectivity index (χ0v) is 9.17. The molecule has 0 unspecified atom stereocenters. The highest BCUT2D eigenvalue weighted by atomic mass is 32.3. The van der Waals surface area contributed by atoms with Gasteiger partial charge in [-0.05, 0) is 17.3 Å². The molecule has 0 aromatic rings. The second-order valence-electron chi connectivity index (χ2n) is 2.79. The van der Waals surface area contributed by atoms with E-state index in [4.69, 9.17) is 4.74 Å². The lowest BCUT2D eigenvalue weighted by atomic mass is 10.8. The molecule has 2 heteroatoms. The first-order valence-corrected chi connectivity index (χ1v) is 6.78. The Bertz CT molecular complexity index is 81.3. The molecule has 0 saturated carbocycles. The van der Waals surface area contributed by atoms with E-state index in [9.17, 15) is 0 Å². The summed E-state index contributed by atoms with van der Waals surface area (Å²) in [4.78, 5) is 0. The maximum Gasteiger partial charge on any atom is 0.0538 e. The van der Waals surface area contributed by atoms with Crippen LogP contribution in [-0.4, -0.2) is 36.7 Å². The fraction of sp³-hybridized carbons (Fsp3) is 1.00. The largest absolute Gasteiger partial charge is 0.384 e. The van der Waals surface area contributed by atoms with Gasteiger partial charge in [-0.25, -0.2) is 10.0 Å². The zero-order chi connectivity index (χ0) is 8.74. The van der Waals surface area contributed by atoms with E-state index in [1.807, 2.05) is 0 Å². The normalized spacial score (nSPS) is 13.5. The summed E-state index contributed by atoms with van der Waals surface area (Å²) in [5.41, 5.74) is 0. The molecule has 0 heterocycles. The number of methoxy groups -OCH3 is 1. The molecule has 0 saturated heterocycles. The molecule has 0 bridgehead atoms. The van der Waals surface area contributed by atoms with Crippen molar-refractivity contribution < 1.29 is 4.74 Å². The standard InChI is InChI=1S/C9H22OS/c1-5-11(6-2,7-3)9-8-10-4/h5-9H2,1-4H3. The van der Waals surface area contributed by atoms with Gasteiger partial charge >= 0.3 is 0 Å². The van der Waals surface area contributed by atoms with Gasteiger partial charge in [-0.2, -0.15) is 0 Å². The molecule has 0 aromatic carbocycles. The van der Waals surface area contributed by atoms with Gasteiger partial charge in [-0.3, -0.25) is 0 Å². The van der Waals surface area contributed by atoms with E-state index >= 15 is 0 Å². The van der Waals surface area contributed by atoms with Crippen molar-refractivity contribution in [2.75, 3.05) is 36.7 Å². The number of hydrogen-bond acceptors (Lipinski definition) is 1. The molecule has 0 aliphatic rings. The minimum atomic E-state index is -0.297. The van der Waals surface area contributed by atoms with Crippen LogP contribution in [-0.2, 0) is 4.74 Å². The van der Waals surface area contributed by atoms with Gasteiger partial charge in [-0.15, -0.1) is 0 Å². The predicted octanol–water partition coefficient (Wildman–Crippen LogP) is 2.50. The second kappa shape index (κ2) is 5.90. The predicted molar refractivity (Wildman–Crippen MR) is 56.0 cm³/mol. The third-order valence-corrected chi connectivity index (χ3v) is 7.26. The summed E-state index contributed by atoms with van der Waals surface area (Å²) in [5, 5.41) is 0. The van der Waals surface area contributed by atoms with E-state index in [0.29, 0.717) is 0 Å². The van der Waals surface area contributed by atoms with Crippen molar-refractivity contribution in [1.82, 2.24) is 0 Å². The van der Waals surface area contributed by atoms with Crippen molar-refractivity contribution in [3.05, 3.63) is 0 Å². The van der Waals surface area contributed by atoms with Crippen LogP contribution in [0.25, 0.3) is 0 Å². The third-order valence-electron chi connectivity index (χ3n) is 2.56. The van der Waals surface area contributed by atoms with Gasteiger partial charge in [0, 0.05) is 12.9 Å². The van der Waals surface area contributed by atoms with Crippen molar-refractivity contribution in [1.29, 1.82) is 0 Å². The Morgan fingerprint density at radius 1 is 1.00 bits per heavy atom. The van der Waals surface area contributed by atoms with Crippen molar-refractivity contribution >= 4 is 10.0 Å². The van der Waals surface area contributed by atoms with E-state index in [-0.39, 0.29) is 10.0 Å². The molecule has 0 N–H and O–H groups in total. The van der Waals surface area contributed by atoms with E-state index < -0.39 is 0 Å². The average molecular weight is 178 g/mol. The topological polar surface area (TPSA) is 9.23 Å². The first-order valence-electron chi connectivity index (χ1n) is 4.47. The van der Waals surface area contributed by atoms with Gasteiger partial charge in [0.1, 0.15) is 0 Å². The maximum atomic E-state index is 5.12. The minimum absolute atomic E-state index is 0.297. The number of ether oxygens (including phenoxy) is 1. The zero-order valence-electron chi connectivity index (χ0n) is 8.35. The molecular formula is C9H22OS. The van der Waals surface area contributed by atoms with Crippen molar-refractivity contribution in [3.63, 3.8) is 0 Å². The Labute approximate surface area is 72.8 Å². The van der Waals surface area contributed by atoms with E-state index in [1.165, 1.54) is 23.0 Å². The number of rotatable bonds is 6. The molecule has 0 amide bonds. The Morgan fingerprint density at radius 3 is 1.73 bits per heavy atom. The maximum absolute atomic E-state index is 5.12. The summed E-state index contributed by atoms with van der Waals surface area (Å²) >= 11 is 0. The first-order chi connectivity index (χ1) is 5.24. The van der Waals surface area contributed by atoms with Gasteiger partial charge in [0.2, 0.25) is 0 Å². The Morgan fingerprint density at radius 2 is 1.45 bits per heavy atom. The smallest absolute Gasteiger partial charge is 0.0538 e. The Hall–Kier alpha value is 0.310. The monoisotopic (exact) mass is 178 g/mol. The van der Waals surface area contributed by atoms with Gasteiger partial charge in [-0.1, -0.05) is 20.8 Å². The lowest BCUT2D eigenvalue weighted by Gasteiger charge is -2.36.